The number of aromatic nitrogens is 1. The molecule has 0 aliphatic carbocycles. The number of carbonyl (C=O) groups is 3. The number of rotatable bonds is 4. The maximum absolute atomic E-state index is 12.5. The Morgan fingerprint density at radius 1 is 1.13 bits per heavy atom. The molecule has 2 aliphatic rings. The van der Waals surface area contributed by atoms with E-state index in [9.17, 15) is 24.5 Å². The second-order valence-electron chi connectivity index (χ2n) is 6.71. The lowest BCUT2D eigenvalue weighted by molar-refractivity contribution is -0.384. The van der Waals surface area contributed by atoms with Gasteiger partial charge in [0.2, 0.25) is 5.91 Å². The van der Waals surface area contributed by atoms with E-state index in [0.29, 0.717) is 30.2 Å². The first kappa shape index (κ1) is 18.9. The van der Waals surface area contributed by atoms with Crippen LogP contribution in [0.3, 0.4) is 0 Å². The lowest BCUT2D eigenvalue weighted by Gasteiger charge is -2.17. The summed E-state index contributed by atoms with van der Waals surface area (Å²) in [6.45, 7) is 0.346. The van der Waals surface area contributed by atoms with Crippen LogP contribution in [0.25, 0.3) is 10.2 Å². The number of benzene rings is 2. The van der Waals surface area contributed by atoms with Gasteiger partial charge >= 0.3 is 0 Å². The zero-order chi connectivity index (χ0) is 21.7. The average Bonchev–Trinajstić information content (AvgIpc) is 3.24. The fraction of sp³-hybridized carbons (Fsp3) is 0.158. The number of thiazole rings is 1. The third-order valence-corrected chi connectivity index (χ3v) is 5.70. The van der Waals surface area contributed by atoms with E-state index in [4.69, 9.17) is 9.47 Å². The van der Waals surface area contributed by atoms with Crippen LogP contribution in [0.4, 0.5) is 10.8 Å². The van der Waals surface area contributed by atoms with Crippen molar-refractivity contribution in [3.8, 4) is 11.5 Å². The Bertz CT molecular complexity index is 1260. The van der Waals surface area contributed by atoms with Crippen molar-refractivity contribution in [3.05, 3.63) is 51.6 Å². The van der Waals surface area contributed by atoms with Crippen molar-refractivity contribution in [3.63, 3.8) is 0 Å². The van der Waals surface area contributed by atoms with E-state index in [1.807, 2.05) is 0 Å². The standard InChI is InChI=1S/C19H12N4O7S/c24-16(8-22-17(25)10-2-1-9(23(27)28)5-11(10)18(22)26)21-19-20-12-6-13-14(7-15(12)31-19)30-4-3-29-13/h1-2,5-7H,3-4,8H2,(H,20,21,24). The Morgan fingerprint density at radius 3 is 2.58 bits per heavy atom. The normalized spacial score (nSPS) is 14.6. The monoisotopic (exact) mass is 440 g/mol. The van der Waals surface area contributed by atoms with Gasteiger partial charge < -0.3 is 14.8 Å². The number of nitro groups is 1. The highest BCUT2D eigenvalue weighted by Crippen LogP contribution is 2.38. The number of ether oxygens (including phenoxy) is 2. The largest absolute Gasteiger partial charge is 0.486 e. The molecule has 11 nitrogen and oxygen atoms in total. The van der Waals surface area contributed by atoms with Gasteiger partial charge in [0.25, 0.3) is 17.5 Å². The fourth-order valence-electron chi connectivity index (χ4n) is 3.36. The van der Waals surface area contributed by atoms with Crippen LogP contribution in [0, 0.1) is 10.1 Å². The number of non-ortho nitro benzene ring substituents is 1. The van der Waals surface area contributed by atoms with Gasteiger partial charge in [-0.2, -0.15) is 0 Å². The number of imide groups is 1. The van der Waals surface area contributed by atoms with E-state index in [1.54, 1.807) is 12.1 Å². The Morgan fingerprint density at radius 2 is 1.84 bits per heavy atom. The molecular weight excluding hydrogens is 428 g/mol. The molecule has 5 rings (SSSR count). The second kappa shape index (κ2) is 7.02. The van der Waals surface area contributed by atoms with Gasteiger partial charge in [-0.1, -0.05) is 11.3 Å². The number of hydrogen-bond donors (Lipinski definition) is 1. The molecule has 0 bridgehead atoms. The molecule has 3 heterocycles. The fourth-order valence-corrected chi connectivity index (χ4v) is 4.25. The quantitative estimate of drug-likeness (QED) is 0.370. The number of nitro benzene ring substituents is 1. The van der Waals surface area contributed by atoms with E-state index >= 15 is 0 Å². The van der Waals surface area contributed by atoms with Crippen molar-refractivity contribution in [2.75, 3.05) is 25.1 Å². The number of amides is 3. The molecule has 156 valence electrons. The number of nitrogens with one attached hydrogen (secondary N) is 1. The SMILES string of the molecule is O=C(CN1C(=O)c2ccc([N+](=O)[O-])cc2C1=O)Nc1nc2cc3c(cc2s1)OCCO3. The van der Waals surface area contributed by atoms with Crippen molar-refractivity contribution in [1.82, 2.24) is 9.88 Å². The molecule has 0 saturated carbocycles. The predicted molar refractivity (Wildman–Crippen MR) is 108 cm³/mol. The molecule has 12 heteroatoms. The molecule has 1 N–H and O–H groups in total. The summed E-state index contributed by atoms with van der Waals surface area (Å²) in [5.74, 6) is -0.899. The Balaban J connectivity index is 1.33. The van der Waals surface area contributed by atoms with Gasteiger partial charge in [0.1, 0.15) is 19.8 Å². The molecule has 0 radical (unpaired) electrons. The minimum absolute atomic E-state index is 0.0222. The Kier molecular flexibility index (Phi) is 4.29. The number of carbonyl (C=O) groups excluding carboxylic acids is 3. The van der Waals surface area contributed by atoms with Gasteiger partial charge in [-0.25, -0.2) is 4.98 Å². The molecule has 0 unspecified atom stereocenters. The molecule has 1 aromatic heterocycles. The number of anilines is 1. The number of nitrogens with zero attached hydrogens (tertiary/aromatic N) is 3. The lowest BCUT2D eigenvalue weighted by atomic mass is 10.1. The minimum atomic E-state index is -0.759. The first-order chi connectivity index (χ1) is 14.9. The third kappa shape index (κ3) is 3.22. The van der Waals surface area contributed by atoms with Crippen molar-refractivity contribution in [1.29, 1.82) is 0 Å². The molecule has 2 aliphatic heterocycles. The smallest absolute Gasteiger partial charge is 0.270 e. The van der Waals surface area contributed by atoms with Crippen LogP contribution < -0.4 is 14.8 Å². The summed E-state index contributed by atoms with van der Waals surface area (Å²) < 4.78 is 11.8. The molecule has 0 spiro atoms. The Labute approximate surface area is 177 Å². The summed E-state index contributed by atoms with van der Waals surface area (Å²) in [5, 5.41) is 13.8. The van der Waals surface area contributed by atoms with Crippen molar-refractivity contribution in [2.24, 2.45) is 0 Å². The molecule has 3 amide bonds. The summed E-state index contributed by atoms with van der Waals surface area (Å²) >= 11 is 1.21. The van der Waals surface area contributed by atoms with Crippen molar-refractivity contribution >= 4 is 50.1 Å². The zero-order valence-corrected chi connectivity index (χ0v) is 16.4. The van der Waals surface area contributed by atoms with E-state index in [-0.39, 0.29) is 21.9 Å². The number of fused-ring (bicyclic) bond motifs is 3. The second-order valence-corrected chi connectivity index (χ2v) is 7.74. The van der Waals surface area contributed by atoms with Crippen LogP contribution in [0.2, 0.25) is 0 Å². The minimum Gasteiger partial charge on any atom is -0.486 e. The maximum Gasteiger partial charge on any atom is 0.270 e. The molecule has 3 aromatic rings. The molecule has 0 fully saturated rings. The number of hydrogen-bond acceptors (Lipinski definition) is 9. The van der Waals surface area contributed by atoms with Gasteiger partial charge in [-0.3, -0.25) is 29.4 Å². The highest BCUT2D eigenvalue weighted by Gasteiger charge is 2.38. The summed E-state index contributed by atoms with van der Waals surface area (Å²) in [4.78, 5) is 52.8. The van der Waals surface area contributed by atoms with Crippen LogP contribution in [-0.4, -0.2) is 52.3 Å². The van der Waals surface area contributed by atoms with Gasteiger partial charge in [-0.05, 0) is 6.07 Å². The van der Waals surface area contributed by atoms with E-state index < -0.39 is 29.2 Å². The zero-order valence-electron chi connectivity index (χ0n) is 15.6. The van der Waals surface area contributed by atoms with Gasteiger partial charge in [0.05, 0.1) is 26.3 Å². The van der Waals surface area contributed by atoms with Crippen LogP contribution in [0.15, 0.2) is 30.3 Å². The molecule has 31 heavy (non-hydrogen) atoms. The molecular formula is C19H12N4O7S. The van der Waals surface area contributed by atoms with E-state index in [0.717, 1.165) is 21.7 Å². The highest BCUT2D eigenvalue weighted by molar-refractivity contribution is 7.22. The maximum atomic E-state index is 12.5. The van der Waals surface area contributed by atoms with E-state index in [2.05, 4.69) is 10.3 Å². The van der Waals surface area contributed by atoms with Crippen LogP contribution in [0.1, 0.15) is 20.7 Å². The summed E-state index contributed by atoms with van der Waals surface area (Å²) in [7, 11) is 0. The van der Waals surface area contributed by atoms with E-state index in [1.165, 1.54) is 17.4 Å². The first-order valence-corrected chi connectivity index (χ1v) is 9.87. The lowest BCUT2D eigenvalue weighted by Crippen LogP contribution is -2.37. The summed E-state index contributed by atoms with van der Waals surface area (Å²) in [6.07, 6.45) is 0. The molecule has 0 atom stereocenters. The summed E-state index contributed by atoms with van der Waals surface area (Å²) in [5.41, 5.74) is 0.223. The predicted octanol–water partition coefficient (Wildman–Crippen LogP) is 2.21. The molecule has 2 aromatic carbocycles. The topological polar surface area (TPSA) is 141 Å². The van der Waals surface area contributed by atoms with Crippen LogP contribution in [0.5, 0.6) is 11.5 Å². The van der Waals surface area contributed by atoms with Crippen molar-refractivity contribution in [2.45, 2.75) is 0 Å². The van der Waals surface area contributed by atoms with Crippen LogP contribution in [-0.2, 0) is 4.79 Å². The van der Waals surface area contributed by atoms with Gasteiger partial charge in [0, 0.05) is 24.3 Å². The van der Waals surface area contributed by atoms with Gasteiger partial charge in [-0.15, -0.1) is 0 Å². The average molecular weight is 440 g/mol. The third-order valence-electron chi connectivity index (χ3n) is 4.77. The van der Waals surface area contributed by atoms with Crippen molar-refractivity contribution < 1.29 is 28.8 Å². The molecule has 0 saturated heterocycles. The summed E-state index contributed by atoms with van der Waals surface area (Å²) in [6, 6.07) is 6.88. The van der Waals surface area contributed by atoms with Crippen LogP contribution >= 0.6 is 11.3 Å². The van der Waals surface area contributed by atoms with Gasteiger partial charge in [0.15, 0.2) is 16.6 Å². The Hall–Kier alpha value is -4.06. The first-order valence-electron chi connectivity index (χ1n) is 9.05. The highest BCUT2D eigenvalue weighted by atomic mass is 32.1.